The minimum Gasteiger partial charge on any atom is -0.467 e. The van der Waals surface area contributed by atoms with Gasteiger partial charge in [0.25, 0.3) is 0 Å². The molecule has 0 spiro atoms. The van der Waals surface area contributed by atoms with Gasteiger partial charge >= 0.3 is 11.9 Å². The van der Waals surface area contributed by atoms with E-state index < -0.39 is 58.8 Å². The molecular formula is C32H41N3O9. The first-order valence-electron chi connectivity index (χ1n) is 15.2. The highest BCUT2D eigenvalue weighted by molar-refractivity contribution is 6.01. The summed E-state index contributed by atoms with van der Waals surface area (Å²) in [5.41, 5.74) is -1.52. The lowest BCUT2D eigenvalue weighted by Gasteiger charge is -2.59. The zero-order valence-corrected chi connectivity index (χ0v) is 25.3. The Morgan fingerprint density at radius 2 is 1.98 bits per heavy atom. The number of esters is 2. The highest BCUT2D eigenvalue weighted by atomic mass is 16.5. The fraction of sp³-hybridized carbons (Fsp3) is 0.625. The van der Waals surface area contributed by atoms with Gasteiger partial charge in [-0.2, -0.15) is 0 Å². The normalized spacial score (nSPS) is 34.6. The molecule has 12 heteroatoms. The van der Waals surface area contributed by atoms with E-state index >= 15 is 0 Å². The van der Waals surface area contributed by atoms with Crippen LogP contribution in [0.15, 0.2) is 36.3 Å². The standard InChI is InChI=1S/C32H41N3O9/c1-30-10-8-20(36)12-18(30)4-5-21-22-9-11-32(42,31(22,2)14-24(37)28(21)30)25(38)16-44-27(40)7-6-26(39)35-23(29(41)43-3)13-19-15-33-17-34-19/h8,10,12,15,17,21-24,28,37,42H,4-7,9,11,13-14,16H2,1-3H3,(H,33,34)(H,35,39)/t21-,22-,23?,24-,28+,30-,31-,32-/m0/s1. The summed E-state index contributed by atoms with van der Waals surface area (Å²) in [6, 6.07) is -0.979. The Balaban J connectivity index is 1.17. The van der Waals surface area contributed by atoms with Crippen LogP contribution in [0.4, 0.5) is 0 Å². The summed E-state index contributed by atoms with van der Waals surface area (Å²) in [5, 5.41) is 25.9. The number of H-pyrrole nitrogens is 1. The molecule has 1 aromatic rings. The van der Waals surface area contributed by atoms with Crippen molar-refractivity contribution in [3.05, 3.63) is 42.0 Å². The van der Waals surface area contributed by atoms with Gasteiger partial charge in [0.15, 0.2) is 12.4 Å². The molecule has 8 atom stereocenters. The van der Waals surface area contributed by atoms with Crippen molar-refractivity contribution >= 4 is 29.4 Å². The molecule has 0 aliphatic heterocycles. The number of ketones is 2. The highest BCUT2D eigenvalue weighted by Gasteiger charge is 2.68. The topological polar surface area (TPSA) is 185 Å². The van der Waals surface area contributed by atoms with Crippen LogP contribution in [0.2, 0.25) is 0 Å². The van der Waals surface area contributed by atoms with E-state index in [0.29, 0.717) is 18.5 Å². The SMILES string of the molecule is COC(=O)C(Cc1cnc[nH]1)NC(=O)CCC(=O)OCC(=O)[C@@]1(O)CC[C@H]2[C@@H]3CCC4=CC(=O)C=C[C@]4(C)[C@H]3[C@@H](O)C[C@@]21C. The van der Waals surface area contributed by atoms with Crippen molar-refractivity contribution < 1.29 is 43.7 Å². The maximum Gasteiger partial charge on any atom is 0.328 e. The molecule has 238 valence electrons. The molecule has 0 radical (unpaired) electrons. The molecule has 1 amide bonds. The van der Waals surface area contributed by atoms with Crippen molar-refractivity contribution in [2.75, 3.05) is 13.7 Å². The van der Waals surface area contributed by atoms with E-state index in [9.17, 15) is 34.2 Å². The largest absolute Gasteiger partial charge is 0.467 e. The molecule has 3 fully saturated rings. The van der Waals surface area contributed by atoms with Crippen LogP contribution in [0.5, 0.6) is 0 Å². The first kappa shape index (κ1) is 31.8. The van der Waals surface area contributed by atoms with E-state index in [1.54, 1.807) is 12.2 Å². The van der Waals surface area contributed by atoms with E-state index in [1.165, 1.54) is 19.6 Å². The minimum absolute atomic E-state index is 0.0295. The van der Waals surface area contributed by atoms with Crippen molar-refractivity contribution in [1.82, 2.24) is 15.3 Å². The number of nitrogens with zero attached hydrogens (tertiary/aromatic N) is 1. The molecule has 1 aromatic heterocycles. The zero-order valence-electron chi connectivity index (χ0n) is 25.3. The number of aromatic nitrogens is 2. The molecular weight excluding hydrogens is 570 g/mol. The molecule has 0 aromatic carbocycles. The first-order chi connectivity index (χ1) is 20.8. The third-order valence-electron chi connectivity index (χ3n) is 10.8. The van der Waals surface area contributed by atoms with Crippen molar-refractivity contribution in [1.29, 1.82) is 0 Å². The van der Waals surface area contributed by atoms with E-state index in [-0.39, 0.29) is 55.6 Å². The molecule has 1 unspecified atom stereocenters. The summed E-state index contributed by atoms with van der Waals surface area (Å²) in [7, 11) is 1.20. The molecule has 12 nitrogen and oxygen atoms in total. The van der Waals surface area contributed by atoms with Gasteiger partial charge in [-0.3, -0.25) is 19.2 Å². The fourth-order valence-electron chi connectivity index (χ4n) is 8.56. The number of aromatic amines is 1. The van der Waals surface area contributed by atoms with Gasteiger partial charge in [0.1, 0.15) is 11.6 Å². The Kier molecular flexibility index (Phi) is 8.69. The number of imidazole rings is 1. The quantitative estimate of drug-likeness (QED) is 0.283. The smallest absolute Gasteiger partial charge is 0.328 e. The number of rotatable bonds is 10. The van der Waals surface area contributed by atoms with E-state index in [2.05, 4.69) is 22.2 Å². The lowest BCUT2D eigenvalue weighted by molar-refractivity contribution is -0.181. The van der Waals surface area contributed by atoms with Crippen molar-refractivity contribution in [3.63, 3.8) is 0 Å². The number of carbonyl (C=O) groups is 5. The van der Waals surface area contributed by atoms with E-state index in [4.69, 9.17) is 9.47 Å². The zero-order chi connectivity index (χ0) is 31.9. The average Bonchev–Trinajstić information content (AvgIpc) is 3.60. The molecule has 5 rings (SSSR count). The Hall–Kier alpha value is -3.64. The number of allylic oxidation sites excluding steroid dienone is 4. The van der Waals surface area contributed by atoms with Crippen LogP contribution < -0.4 is 5.32 Å². The molecule has 0 saturated heterocycles. The highest BCUT2D eigenvalue weighted by Crippen LogP contribution is 2.67. The molecule has 4 N–H and O–H groups in total. The van der Waals surface area contributed by atoms with Crippen molar-refractivity contribution in [2.45, 2.75) is 83.0 Å². The van der Waals surface area contributed by atoms with Crippen LogP contribution in [-0.2, 0) is 39.9 Å². The second kappa shape index (κ2) is 12.0. The van der Waals surface area contributed by atoms with Crippen LogP contribution in [0.25, 0.3) is 0 Å². The maximum absolute atomic E-state index is 13.5. The Labute approximate surface area is 255 Å². The number of amides is 1. The number of carbonyl (C=O) groups excluding carboxylic acids is 5. The summed E-state index contributed by atoms with van der Waals surface area (Å²) in [6.45, 7) is 3.26. The maximum atomic E-state index is 13.5. The summed E-state index contributed by atoms with van der Waals surface area (Å²) < 4.78 is 9.95. The predicted octanol–water partition coefficient (Wildman–Crippen LogP) is 1.51. The number of aliphatic hydroxyl groups is 2. The second-order valence-electron chi connectivity index (χ2n) is 13.1. The Morgan fingerprint density at radius 3 is 2.68 bits per heavy atom. The summed E-state index contributed by atoms with van der Waals surface area (Å²) >= 11 is 0. The molecule has 0 bridgehead atoms. The number of fused-ring (bicyclic) bond motifs is 5. The van der Waals surface area contributed by atoms with Crippen molar-refractivity contribution in [2.24, 2.45) is 28.6 Å². The third kappa shape index (κ3) is 5.53. The number of hydrogen-bond acceptors (Lipinski definition) is 10. The van der Waals surface area contributed by atoms with Crippen LogP contribution in [-0.4, -0.2) is 81.1 Å². The molecule has 4 aliphatic rings. The van der Waals surface area contributed by atoms with Crippen molar-refractivity contribution in [3.8, 4) is 0 Å². The Bertz CT molecular complexity index is 1390. The number of Topliss-reactive ketones (excluding diaryl/α,β-unsaturated/α-hetero) is 1. The molecule has 3 saturated carbocycles. The lowest BCUT2D eigenvalue weighted by atomic mass is 9.46. The fourth-order valence-corrected chi connectivity index (χ4v) is 8.56. The van der Waals surface area contributed by atoms with Gasteiger partial charge in [-0.1, -0.05) is 25.5 Å². The third-order valence-corrected chi connectivity index (χ3v) is 10.8. The molecule has 1 heterocycles. The van der Waals surface area contributed by atoms with Gasteiger partial charge in [-0.25, -0.2) is 9.78 Å². The van der Waals surface area contributed by atoms with Gasteiger partial charge in [0.05, 0.1) is 26.0 Å². The van der Waals surface area contributed by atoms with Crippen LogP contribution in [0, 0.1) is 28.6 Å². The number of nitrogens with one attached hydrogen (secondary N) is 2. The summed E-state index contributed by atoms with van der Waals surface area (Å²) in [5.74, 6) is -2.80. The van der Waals surface area contributed by atoms with Gasteiger partial charge in [-0.15, -0.1) is 0 Å². The average molecular weight is 612 g/mol. The van der Waals surface area contributed by atoms with E-state index in [1.807, 2.05) is 13.0 Å². The van der Waals surface area contributed by atoms with Crippen LogP contribution in [0.1, 0.15) is 64.5 Å². The van der Waals surface area contributed by atoms with Gasteiger partial charge in [0, 0.05) is 41.5 Å². The number of aliphatic hydroxyl groups excluding tert-OH is 1. The second-order valence-corrected chi connectivity index (χ2v) is 13.1. The van der Waals surface area contributed by atoms with Gasteiger partial charge < -0.3 is 30.0 Å². The molecule has 44 heavy (non-hydrogen) atoms. The summed E-state index contributed by atoms with van der Waals surface area (Å²) in [6.07, 6.45) is 9.31. The monoisotopic (exact) mass is 611 g/mol. The minimum atomic E-state index is -1.78. The first-order valence-corrected chi connectivity index (χ1v) is 15.2. The lowest BCUT2D eigenvalue weighted by Crippen LogP contribution is -2.61. The number of ether oxygens (including phenoxy) is 2. The molecule has 4 aliphatic carbocycles. The number of hydrogen-bond donors (Lipinski definition) is 4. The van der Waals surface area contributed by atoms with E-state index in [0.717, 1.165) is 12.0 Å². The van der Waals surface area contributed by atoms with Crippen LogP contribution in [0.3, 0.4) is 0 Å². The number of methoxy groups -OCH3 is 1. The van der Waals surface area contributed by atoms with Crippen LogP contribution >= 0.6 is 0 Å². The van der Waals surface area contributed by atoms with Gasteiger partial charge in [0.2, 0.25) is 11.7 Å². The Morgan fingerprint density at radius 1 is 1.20 bits per heavy atom. The summed E-state index contributed by atoms with van der Waals surface area (Å²) in [4.78, 5) is 69.3. The predicted molar refractivity (Wildman–Crippen MR) is 154 cm³/mol. The van der Waals surface area contributed by atoms with Gasteiger partial charge in [-0.05, 0) is 56.1 Å².